The fourth-order valence-corrected chi connectivity index (χ4v) is 3.38. The monoisotopic (exact) mass is 240 g/mol. The molecule has 3 nitrogen and oxygen atoms in total. The fraction of sp³-hybridized carbons (Fsp3) is 0.929. The Bertz CT molecular complexity index is 286. The number of ether oxygens (including phenoxy) is 1. The van der Waals surface area contributed by atoms with Crippen LogP contribution in [0.4, 0.5) is 0 Å². The molecule has 1 N–H and O–H groups in total. The molecule has 0 spiro atoms. The minimum atomic E-state index is -0.802. The summed E-state index contributed by atoms with van der Waals surface area (Å²) in [5.74, 6) is 0.512. The van der Waals surface area contributed by atoms with Crippen molar-refractivity contribution in [1.82, 2.24) is 0 Å². The summed E-state index contributed by atoms with van der Waals surface area (Å²) >= 11 is 0. The van der Waals surface area contributed by atoms with Crippen LogP contribution in [0, 0.1) is 11.3 Å². The number of hydrogen-bond acceptors (Lipinski definition) is 3. The Balaban J connectivity index is 2.14. The number of rotatable bonds is 3. The molecule has 0 aromatic carbocycles. The van der Waals surface area contributed by atoms with Crippen molar-refractivity contribution >= 4 is 5.97 Å². The molecule has 2 saturated carbocycles. The highest BCUT2D eigenvalue weighted by Crippen LogP contribution is 2.55. The molecule has 0 unspecified atom stereocenters. The van der Waals surface area contributed by atoms with Crippen LogP contribution in [0.1, 0.15) is 58.8 Å². The van der Waals surface area contributed by atoms with Crippen molar-refractivity contribution in [3.8, 4) is 0 Å². The third-order valence-corrected chi connectivity index (χ3v) is 4.87. The van der Waals surface area contributed by atoms with Gasteiger partial charge in [-0.1, -0.05) is 13.3 Å². The van der Waals surface area contributed by atoms with Crippen LogP contribution in [0.25, 0.3) is 0 Å². The molecule has 0 bridgehead atoms. The normalized spacial score (nSPS) is 36.1. The molecular weight excluding hydrogens is 216 g/mol. The molecule has 0 aliphatic heterocycles. The average molecular weight is 240 g/mol. The summed E-state index contributed by atoms with van der Waals surface area (Å²) in [6.45, 7) is 4.46. The molecule has 0 heterocycles. The zero-order valence-electron chi connectivity index (χ0n) is 11.0. The van der Waals surface area contributed by atoms with Crippen molar-refractivity contribution in [3.05, 3.63) is 0 Å². The summed E-state index contributed by atoms with van der Waals surface area (Å²) in [7, 11) is 0. The van der Waals surface area contributed by atoms with Gasteiger partial charge in [0.1, 0.15) is 0 Å². The number of hydrogen-bond donors (Lipinski definition) is 1. The Labute approximate surface area is 104 Å². The molecule has 0 saturated heterocycles. The molecule has 0 amide bonds. The maximum Gasteiger partial charge on any atom is 0.314 e. The van der Waals surface area contributed by atoms with E-state index in [0.29, 0.717) is 12.5 Å². The maximum atomic E-state index is 12.2. The van der Waals surface area contributed by atoms with Crippen LogP contribution in [-0.4, -0.2) is 23.3 Å². The van der Waals surface area contributed by atoms with E-state index in [2.05, 4.69) is 6.92 Å². The van der Waals surface area contributed by atoms with E-state index < -0.39 is 11.0 Å². The van der Waals surface area contributed by atoms with Crippen molar-refractivity contribution in [3.63, 3.8) is 0 Å². The van der Waals surface area contributed by atoms with Crippen molar-refractivity contribution in [2.45, 2.75) is 64.4 Å². The number of aliphatic hydroxyl groups is 1. The van der Waals surface area contributed by atoms with Crippen molar-refractivity contribution < 1.29 is 14.6 Å². The average Bonchev–Trinajstić information content (AvgIpc) is 2.21. The Hall–Kier alpha value is -0.570. The van der Waals surface area contributed by atoms with Gasteiger partial charge in [0.25, 0.3) is 0 Å². The van der Waals surface area contributed by atoms with Crippen LogP contribution in [-0.2, 0) is 9.53 Å². The van der Waals surface area contributed by atoms with Crippen molar-refractivity contribution in [2.75, 3.05) is 6.61 Å². The molecule has 0 aromatic heterocycles. The Morgan fingerprint density at radius 2 is 1.88 bits per heavy atom. The lowest BCUT2D eigenvalue weighted by Gasteiger charge is -2.53. The molecule has 98 valence electrons. The summed E-state index contributed by atoms with van der Waals surface area (Å²) in [5, 5.41) is 10.9. The Morgan fingerprint density at radius 3 is 2.29 bits per heavy atom. The van der Waals surface area contributed by atoms with Gasteiger partial charge < -0.3 is 9.84 Å². The van der Waals surface area contributed by atoms with Crippen LogP contribution in [0.3, 0.4) is 0 Å². The lowest BCUT2D eigenvalue weighted by Crippen LogP contribution is -2.59. The van der Waals surface area contributed by atoms with Crippen LogP contribution < -0.4 is 0 Å². The van der Waals surface area contributed by atoms with E-state index in [0.717, 1.165) is 44.9 Å². The van der Waals surface area contributed by atoms with Gasteiger partial charge in [0.05, 0.1) is 17.6 Å². The SMILES string of the molecule is CCOC(=O)C1(C2(O)CCC(C)CC2)CCC1. The molecular formula is C14H24O3. The minimum Gasteiger partial charge on any atom is -0.465 e. The largest absolute Gasteiger partial charge is 0.465 e. The summed E-state index contributed by atoms with van der Waals surface area (Å²) in [6.07, 6.45) is 6.21. The zero-order chi connectivity index (χ0) is 12.5. The lowest BCUT2D eigenvalue weighted by molar-refractivity contribution is -0.198. The summed E-state index contributed by atoms with van der Waals surface area (Å²) in [5.41, 5.74) is -1.38. The van der Waals surface area contributed by atoms with Gasteiger partial charge in [0.2, 0.25) is 0 Å². The van der Waals surface area contributed by atoms with E-state index in [1.165, 1.54) is 0 Å². The number of esters is 1. The van der Waals surface area contributed by atoms with Gasteiger partial charge in [0.15, 0.2) is 0 Å². The molecule has 2 aliphatic rings. The first-order chi connectivity index (χ1) is 8.04. The highest BCUT2D eigenvalue weighted by Gasteiger charge is 2.60. The van der Waals surface area contributed by atoms with E-state index in [4.69, 9.17) is 4.74 Å². The maximum absolute atomic E-state index is 12.2. The topological polar surface area (TPSA) is 46.5 Å². The van der Waals surface area contributed by atoms with E-state index in [1.807, 2.05) is 6.92 Å². The first-order valence-electron chi connectivity index (χ1n) is 6.94. The molecule has 0 radical (unpaired) electrons. The van der Waals surface area contributed by atoms with Gasteiger partial charge in [-0.2, -0.15) is 0 Å². The van der Waals surface area contributed by atoms with E-state index in [1.54, 1.807) is 0 Å². The molecule has 17 heavy (non-hydrogen) atoms. The third kappa shape index (κ3) is 1.99. The van der Waals surface area contributed by atoms with Gasteiger partial charge in [0, 0.05) is 0 Å². The highest BCUT2D eigenvalue weighted by molar-refractivity contribution is 5.79. The number of carbonyl (C=O) groups is 1. The minimum absolute atomic E-state index is 0.164. The summed E-state index contributed by atoms with van der Waals surface area (Å²) in [4.78, 5) is 12.2. The predicted octanol–water partition coefficient (Wildman–Crippen LogP) is 2.66. The summed E-state index contributed by atoms with van der Waals surface area (Å²) in [6, 6.07) is 0. The van der Waals surface area contributed by atoms with Crippen LogP contribution in [0.15, 0.2) is 0 Å². The van der Waals surface area contributed by atoms with Crippen molar-refractivity contribution in [2.24, 2.45) is 11.3 Å². The first-order valence-corrected chi connectivity index (χ1v) is 6.94. The van der Waals surface area contributed by atoms with E-state index in [9.17, 15) is 9.90 Å². The Morgan fingerprint density at radius 1 is 1.29 bits per heavy atom. The van der Waals surface area contributed by atoms with Crippen LogP contribution >= 0.6 is 0 Å². The first kappa shape index (κ1) is 12.9. The highest BCUT2D eigenvalue weighted by atomic mass is 16.5. The van der Waals surface area contributed by atoms with Crippen LogP contribution in [0.5, 0.6) is 0 Å². The molecule has 3 heteroatoms. The van der Waals surface area contributed by atoms with Crippen molar-refractivity contribution in [1.29, 1.82) is 0 Å². The molecule has 2 aliphatic carbocycles. The molecule has 0 atom stereocenters. The molecule has 2 fully saturated rings. The van der Waals surface area contributed by atoms with Gasteiger partial charge in [-0.05, 0) is 51.4 Å². The second kappa shape index (κ2) is 4.60. The fourth-order valence-electron chi connectivity index (χ4n) is 3.38. The number of carbonyl (C=O) groups excluding carboxylic acids is 1. The molecule has 0 aromatic rings. The predicted molar refractivity (Wildman–Crippen MR) is 65.5 cm³/mol. The van der Waals surface area contributed by atoms with E-state index in [-0.39, 0.29) is 5.97 Å². The second-order valence-corrected chi connectivity index (χ2v) is 5.87. The van der Waals surface area contributed by atoms with Gasteiger partial charge in [-0.15, -0.1) is 0 Å². The lowest BCUT2D eigenvalue weighted by atomic mass is 9.54. The Kier molecular flexibility index (Phi) is 3.48. The van der Waals surface area contributed by atoms with Crippen LogP contribution in [0.2, 0.25) is 0 Å². The van der Waals surface area contributed by atoms with Gasteiger partial charge in [-0.25, -0.2) is 0 Å². The molecule has 2 rings (SSSR count). The third-order valence-electron chi connectivity index (χ3n) is 4.87. The van der Waals surface area contributed by atoms with E-state index >= 15 is 0 Å². The van der Waals surface area contributed by atoms with Gasteiger partial charge in [-0.3, -0.25) is 4.79 Å². The van der Waals surface area contributed by atoms with Gasteiger partial charge >= 0.3 is 5.97 Å². The smallest absolute Gasteiger partial charge is 0.314 e. The summed E-state index contributed by atoms with van der Waals surface area (Å²) < 4.78 is 5.20. The second-order valence-electron chi connectivity index (χ2n) is 5.87. The quantitative estimate of drug-likeness (QED) is 0.771. The zero-order valence-corrected chi connectivity index (χ0v) is 11.0. The standard InChI is InChI=1S/C14H24O3/c1-3-17-12(15)13(7-4-8-13)14(16)9-5-11(2)6-10-14/h11,16H,3-10H2,1-2H3.